The SMILES string of the molecule is COC(=O)c1ccc([C@H]2C(C(=O)OC3CCCC3)=C(C)NC3=C2C(=O)C[C@@H](c2cccs2)C3)cc1. The fraction of sp³-hybridized carbons (Fsp3) is 0.393. The van der Waals surface area contributed by atoms with Crippen molar-refractivity contribution in [2.24, 2.45) is 0 Å². The Morgan fingerprint density at radius 3 is 2.43 bits per heavy atom. The quantitative estimate of drug-likeness (QED) is 0.566. The predicted molar refractivity (Wildman–Crippen MR) is 133 cm³/mol. The molecule has 0 unspecified atom stereocenters. The molecule has 0 radical (unpaired) electrons. The van der Waals surface area contributed by atoms with Crippen LogP contribution in [0.25, 0.3) is 0 Å². The zero-order valence-electron chi connectivity index (χ0n) is 20.0. The molecule has 35 heavy (non-hydrogen) atoms. The average molecular weight is 492 g/mol. The number of ether oxygens (including phenoxy) is 2. The summed E-state index contributed by atoms with van der Waals surface area (Å²) >= 11 is 1.67. The molecule has 182 valence electrons. The molecule has 0 spiro atoms. The Hall–Kier alpha value is -3.19. The minimum absolute atomic E-state index is 0.0397. The van der Waals surface area contributed by atoms with Crippen molar-refractivity contribution in [2.75, 3.05) is 7.11 Å². The Labute approximate surface area is 209 Å². The van der Waals surface area contributed by atoms with Crippen molar-refractivity contribution >= 4 is 29.1 Å². The van der Waals surface area contributed by atoms with E-state index in [0.717, 1.165) is 36.9 Å². The molecule has 1 N–H and O–H groups in total. The highest BCUT2D eigenvalue weighted by molar-refractivity contribution is 7.10. The summed E-state index contributed by atoms with van der Waals surface area (Å²) in [5.74, 6) is -1.18. The summed E-state index contributed by atoms with van der Waals surface area (Å²) in [7, 11) is 1.34. The van der Waals surface area contributed by atoms with E-state index < -0.39 is 11.9 Å². The van der Waals surface area contributed by atoms with E-state index >= 15 is 0 Å². The van der Waals surface area contributed by atoms with Gasteiger partial charge in [0.25, 0.3) is 0 Å². The van der Waals surface area contributed by atoms with Gasteiger partial charge in [-0.15, -0.1) is 11.3 Å². The fourth-order valence-electron chi connectivity index (χ4n) is 5.52. The zero-order valence-corrected chi connectivity index (χ0v) is 20.8. The number of rotatable bonds is 5. The second-order valence-corrected chi connectivity index (χ2v) is 10.4. The van der Waals surface area contributed by atoms with E-state index in [-0.39, 0.29) is 23.8 Å². The normalized spacial score (nSPS) is 22.6. The van der Waals surface area contributed by atoms with Gasteiger partial charge >= 0.3 is 11.9 Å². The van der Waals surface area contributed by atoms with Crippen LogP contribution in [-0.2, 0) is 19.1 Å². The van der Waals surface area contributed by atoms with Crippen LogP contribution in [0.4, 0.5) is 0 Å². The smallest absolute Gasteiger partial charge is 0.337 e. The summed E-state index contributed by atoms with van der Waals surface area (Å²) < 4.78 is 10.7. The number of allylic oxidation sites excluding steroid dienone is 3. The fourth-order valence-corrected chi connectivity index (χ4v) is 6.35. The van der Waals surface area contributed by atoms with Crippen LogP contribution in [0.1, 0.15) is 78.1 Å². The molecule has 2 aliphatic carbocycles. The first-order valence-electron chi connectivity index (χ1n) is 12.1. The third kappa shape index (κ3) is 4.57. The summed E-state index contributed by atoms with van der Waals surface area (Å²) in [5, 5.41) is 5.44. The van der Waals surface area contributed by atoms with E-state index in [1.807, 2.05) is 30.5 Å². The van der Waals surface area contributed by atoms with Gasteiger partial charge in [-0.05, 0) is 68.2 Å². The highest BCUT2D eigenvalue weighted by Crippen LogP contribution is 2.46. The van der Waals surface area contributed by atoms with Crippen LogP contribution in [0.5, 0.6) is 0 Å². The maximum absolute atomic E-state index is 13.6. The van der Waals surface area contributed by atoms with Gasteiger partial charge in [-0.1, -0.05) is 18.2 Å². The number of hydrogen-bond acceptors (Lipinski definition) is 7. The van der Waals surface area contributed by atoms with E-state index in [0.29, 0.717) is 35.2 Å². The number of benzene rings is 1. The van der Waals surface area contributed by atoms with Gasteiger partial charge in [-0.3, -0.25) is 4.79 Å². The van der Waals surface area contributed by atoms with Crippen LogP contribution in [-0.4, -0.2) is 30.9 Å². The van der Waals surface area contributed by atoms with Crippen molar-refractivity contribution in [1.29, 1.82) is 0 Å². The largest absolute Gasteiger partial charge is 0.465 e. The molecular weight excluding hydrogens is 462 g/mol. The van der Waals surface area contributed by atoms with Gasteiger partial charge in [0.05, 0.1) is 18.2 Å². The Morgan fingerprint density at radius 2 is 1.77 bits per heavy atom. The number of carbonyl (C=O) groups excluding carboxylic acids is 3. The predicted octanol–water partition coefficient (Wildman–Crippen LogP) is 5.38. The van der Waals surface area contributed by atoms with Crippen LogP contribution in [0.2, 0.25) is 0 Å². The number of hydrogen-bond donors (Lipinski definition) is 1. The van der Waals surface area contributed by atoms with E-state index in [4.69, 9.17) is 9.47 Å². The Morgan fingerprint density at radius 1 is 1.03 bits per heavy atom. The standard InChI is InChI=1S/C28H29NO5S/c1-16-24(28(32)34-20-6-3-4-7-20)25(17-9-11-18(12-10-17)27(31)33-2)26-21(29-16)14-19(15-22(26)30)23-8-5-13-35-23/h5,8-13,19-20,25,29H,3-4,6-7,14-15H2,1-2H3/t19-,25-/m0/s1. The summed E-state index contributed by atoms with van der Waals surface area (Å²) in [6.07, 6.45) is 4.90. The number of esters is 2. The van der Waals surface area contributed by atoms with Crippen molar-refractivity contribution in [2.45, 2.75) is 63.4 Å². The monoisotopic (exact) mass is 491 g/mol. The Kier molecular flexibility index (Phi) is 6.60. The topological polar surface area (TPSA) is 81.7 Å². The number of thiophene rings is 1. The van der Waals surface area contributed by atoms with Gasteiger partial charge < -0.3 is 14.8 Å². The molecule has 5 rings (SSSR count). The summed E-state index contributed by atoms with van der Waals surface area (Å²) in [6, 6.07) is 11.1. The maximum Gasteiger partial charge on any atom is 0.337 e. The highest BCUT2D eigenvalue weighted by atomic mass is 32.1. The minimum atomic E-state index is -0.538. The molecule has 1 aliphatic heterocycles. The third-order valence-electron chi connectivity index (χ3n) is 7.23. The van der Waals surface area contributed by atoms with Crippen molar-refractivity contribution in [1.82, 2.24) is 5.32 Å². The van der Waals surface area contributed by atoms with Crippen molar-refractivity contribution in [3.63, 3.8) is 0 Å². The van der Waals surface area contributed by atoms with Crippen LogP contribution >= 0.6 is 11.3 Å². The van der Waals surface area contributed by atoms with Crippen LogP contribution in [0.3, 0.4) is 0 Å². The molecule has 2 atom stereocenters. The van der Waals surface area contributed by atoms with Gasteiger partial charge in [0.1, 0.15) is 6.10 Å². The lowest BCUT2D eigenvalue weighted by Crippen LogP contribution is -2.36. The van der Waals surface area contributed by atoms with Gasteiger partial charge in [0.2, 0.25) is 0 Å². The number of dihydropyridines is 1. The molecule has 3 aliphatic rings. The van der Waals surface area contributed by atoms with Crippen molar-refractivity contribution in [3.05, 3.63) is 80.3 Å². The molecule has 1 aromatic carbocycles. The van der Waals surface area contributed by atoms with E-state index in [1.165, 1.54) is 12.0 Å². The maximum atomic E-state index is 13.6. The number of ketones is 1. The second kappa shape index (κ2) is 9.82. The molecule has 0 saturated heterocycles. The van der Waals surface area contributed by atoms with Crippen LogP contribution < -0.4 is 5.32 Å². The van der Waals surface area contributed by atoms with Crippen LogP contribution in [0, 0.1) is 0 Å². The summed E-state index contributed by atoms with van der Waals surface area (Å²) in [5.41, 5.74) is 3.90. The molecule has 0 bridgehead atoms. The summed E-state index contributed by atoms with van der Waals surface area (Å²) in [6.45, 7) is 1.88. The van der Waals surface area contributed by atoms with Gasteiger partial charge in [0, 0.05) is 40.1 Å². The van der Waals surface area contributed by atoms with Crippen molar-refractivity contribution < 1.29 is 23.9 Å². The lowest BCUT2D eigenvalue weighted by molar-refractivity contribution is -0.144. The number of carbonyl (C=O) groups is 3. The molecule has 1 fully saturated rings. The van der Waals surface area contributed by atoms with Gasteiger partial charge in [-0.25, -0.2) is 9.59 Å². The molecule has 6 nitrogen and oxygen atoms in total. The molecular formula is C28H29NO5S. The Bertz CT molecular complexity index is 1200. The van der Waals surface area contributed by atoms with Gasteiger partial charge in [-0.2, -0.15) is 0 Å². The highest BCUT2D eigenvalue weighted by Gasteiger charge is 2.42. The van der Waals surface area contributed by atoms with E-state index in [9.17, 15) is 14.4 Å². The molecule has 1 aromatic heterocycles. The third-order valence-corrected chi connectivity index (χ3v) is 8.27. The minimum Gasteiger partial charge on any atom is -0.465 e. The first-order chi connectivity index (χ1) is 17.0. The van der Waals surface area contributed by atoms with Crippen molar-refractivity contribution in [3.8, 4) is 0 Å². The molecule has 2 aromatic rings. The number of Topliss-reactive ketones (excluding diaryl/α,β-unsaturated/α-hetero) is 1. The summed E-state index contributed by atoms with van der Waals surface area (Å²) in [4.78, 5) is 40.3. The Balaban J connectivity index is 1.54. The molecule has 7 heteroatoms. The van der Waals surface area contributed by atoms with E-state index in [1.54, 1.807) is 23.5 Å². The first kappa shape index (κ1) is 23.5. The number of nitrogens with one attached hydrogen (secondary N) is 1. The van der Waals surface area contributed by atoms with Crippen LogP contribution in [0.15, 0.2) is 64.3 Å². The zero-order chi connectivity index (χ0) is 24.5. The lowest BCUT2D eigenvalue weighted by atomic mass is 9.72. The second-order valence-electron chi connectivity index (χ2n) is 9.46. The van der Waals surface area contributed by atoms with Gasteiger partial charge in [0.15, 0.2) is 5.78 Å². The lowest BCUT2D eigenvalue weighted by Gasteiger charge is -2.36. The first-order valence-corrected chi connectivity index (χ1v) is 13.0. The molecule has 2 heterocycles. The molecule has 0 amide bonds. The average Bonchev–Trinajstić information content (AvgIpc) is 3.57. The van der Waals surface area contributed by atoms with E-state index in [2.05, 4.69) is 11.4 Å². The number of methoxy groups -OCH3 is 1. The molecule has 1 saturated carbocycles.